The van der Waals surface area contributed by atoms with Gasteiger partial charge in [-0.3, -0.25) is 4.99 Å². The highest BCUT2D eigenvalue weighted by molar-refractivity contribution is 5.79. The maximum Gasteiger partial charge on any atom is 0.191 e. The van der Waals surface area contributed by atoms with Crippen molar-refractivity contribution >= 4 is 5.96 Å². The van der Waals surface area contributed by atoms with E-state index in [0.717, 1.165) is 43.9 Å². The van der Waals surface area contributed by atoms with E-state index in [9.17, 15) is 4.39 Å². The first-order chi connectivity index (χ1) is 10.1. The third kappa shape index (κ3) is 4.19. The lowest BCUT2D eigenvalue weighted by molar-refractivity contribution is 0.552. The van der Waals surface area contributed by atoms with Crippen molar-refractivity contribution in [3.05, 3.63) is 35.6 Å². The van der Waals surface area contributed by atoms with Crippen LogP contribution >= 0.6 is 0 Å². The van der Waals surface area contributed by atoms with Crippen molar-refractivity contribution in [2.75, 3.05) is 20.1 Å². The summed E-state index contributed by atoms with van der Waals surface area (Å²) in [5, 5.41) is 6.66. The molecule has 3 nitrogen and oxygen atoms in total. The summed E-state index contributed by atoms with van der Waals surface area (Å²) in [7, 11) is 1.77. The van der Waals surface area contributed by atoms with Gasteiger partial charge in [-0.15, -0.1) is 0 Å². The zero-order chi connectivity index (χ0) is 15.3. The molecule has 0 aromatic heterocycles. The highest BCUT2D eigenvalue weighted by atomic mass is 19.1. The van der Waals surface area contributed by atoms with E-state index in [-0.39, 0.29) is 11.2 Å². The van der Waals surface area contributed by atoms with E-state index >= 15 is 0 Å². The minimum absolute atomic E-state index is 0.0546. The molecule has 0 spiro atoms. The van der Waals surface area contributed by atoms with E-state index in [2.05, 4.69) is 29.5 Å². The van der Waals surface area contributed by atoms with E-state index < -0.39 is 0 Å². The van der Waals surface area contributed by atoms with Gasteiger partial charge in [0, 0.05) is 25.6 Å². The van der Waals surface area contributed by atoms with Gasteiger partial charge in [0.1, 0.15) is 5.82 Å². The van der Waals surface area contributed by atoms with Gasteiger partial charge in [-0.1, -0.05) is 32.0 Å². The predicted molar refractivity (Wildman–Crippen MR) is 86.1 cm³/mol. The van der Waals surface area contributed by atoms with Crippen molar-refractivity contribution in [1.82, 2.24) is 10.6 Å². The molecule has 1 fully saturated rings. The molecular weight excluding hydrogens is 265 g/mol. The molecule has 1 aromatic rings. The van der Waals surface area contributed by atoms with E-state index in [1.807, 2.05) is 12.1 Å². The molecular formula is C17H26FN3. The van der Waals surface area contributed by atoms with Crippen molar-refractivity contribution in [3.8, 4) is 0 Å². The lowest BCUT2D eigenvalue weighted by Crippen LogP contribution is -2.41. The van der Waals surface area contributed by atoms with Crippen LogP contribution < -0.4 is 10.6 Å². The van der Waals surface area contributed by atoms with E-state index in [1.54, 1.807) is 19.2 Å². The van der Waals surface area contributed by atoms with Crippen molar-refractivity contribution in [2.24, 2.45) is 10.9 Å². The average Bonchev–Trinajstić information content (AvgIpc) is 3.23. The SMILES string of the molecule is CN=C(NCCC(C)C)NCC1(c2ccccc2F)CC1. The molecule has 0 unspecified atom stereocenters. The number of hydrogen-bond acceptors (Lipinski definition) is 1. The summed E-state index contributed by atoms with van der Waals surface area (Å²) in [6.45, 7) is 6.05. The zero-order valence-electron chi connectivity index (χ0n) is 13.2. The van der Waals surface area contributed by atoms with Crippen molar-refractivity contribution in [1.29, 1.82) is 0 Å². The minimum atomic E-state index is -0.0976. The number of nitrogens with zero attached hydrogens (tertiary/aromatic N) is 1. The number of guanidine groups is 1. The summed E-state index contributed by atoms with van der Waals surface area (Å²) in [5.41, 5.74) is 0.774. The van der Waals surface area contributed by atoms with Gasteiger partial charge in [-0.2, -0.15) is 0 Å². The van der Waals surface area contributed by atoms with E-state index in [4.69, 9.17) is 0 Å². The van der Waals surface area contributed by atoms with Gasteiger partial charge in [0.15, 0.2) is 5.96 Å². The van der Waals surface area contributed by atoms with Crippen LogP contribution in [0.1, 0.15) is 38.7 Å². The molecule has 4 heteroatoms. The Morgan fingerprint density at radius 1 is 1.29 bits per heavy atom. The fourth-order valence-electron chi connectivity index (χ4n) is 2.54. The Kier molecular flexibility index (Phi) is 5.21. The second kappa shape index (κ2) is 6.92. The van der Waals surface area contributed by atoms with Gasteiger partial charge < -0.3 is 10.6 Å². The normalized spacial score (nSPS) is 16.9. The van der Waals surface area contributed by atoms with Crippen LogP contribution in [0.3, 0.4) is 0 Å². The van der Waals surface area contributed by atoms with Crippen LogP contribution in [0.15, 0.2) is 29.3 Å². The number of halogens is 1. The third-order valence-electron chi connectivity index (χ3n) is 4.13. The molecule has 0 bridgehead atoms. The highest BCUT2D eigenvalue weighted by Crippen LogP contribution is 2.48. The summed E-state index contributed by atoms with van der Waals surface area (Å²) in [6, 6.07) is 7.10. The maximum absolute atomic E-state index is 13.9. The summed E-state index contributed by atoms with van der Waals surface area (Å²) in [4.78, 5) is 4.23. The average molecular weight is 291 g/mol. The van der Waals surface area contributed by atoms with Crippen LogP contribution in [0.2, 0.25) is 0 Å². The summed E-state index contributed by atoms with van der Waals surface area (Å²) < 4.78 is 13.9. The molecule has 1 aliphatic rings. The predicted octanol–water partition coefficient (Wildman–Crippen LogP) is 3.07. The quantitative estimate of drug-likeness (QED) is 0.624. The van der Waals surface area contributed by atoms with Gasteiger partial charge in [-0.25, -0.2) is 4.39 Å². The molecule has 1 aromatic carbocycles. The molecule has 0 atom stereocenters. The van der Waals surface area contributed by atoms with Crippen LogP contribution in [-0.4, -0.2) is 26.1 Å². The molecule has 116 valence electrons. The van der Waals surface area contributed by atoms with Crippen LogP contribution in [0.25, 0.3) is 0 Å². The molecule has 2 N–H and O–H groups in total. The summed E-state index contributed by atoms with van der Waals surface area (Å²) in [6.07, 6.45) is 3.17. The van der Waals surface area contributed by atoms with Crippen LogP contribution in [0.5, 0.6) is 0 Å². The Balaban J connectivity index is 1.88. The number of rotatable bonds is 6. The van der Waals surface area contributed by atoms with Crippen LogP contribution in [-0.2, 0) is 5.41 Å². The van der Waals surface area contributed by atoms with Crippen molar-refractivity contribution in [2.45, 2.75) is 38.5 Å². The second-order valence-corrected chi connectivity index (χ2v) is 6.30. The fourth-order valence-corrected chi connectivity index (χ4v) is 2.54. The lowest BCUT2D eigenvalue weighted by Gasteiger charge is -2.19. The first kappa shape index (κ1) is 15.8. The second-order valence-electron chi connectivity index (χ2n) is 6.30. The standard InChI is InChI=1S/C17H26FN3/c1-13(2)8-11-20-16(19-3)21-12-17(9-10-17)14-6-4-5-7-15(14)18/h4-7,13H,8-12H2,1-3H3,(H2,19,20,21). The Bertz CT molecular complexity index is 493. The zero-order valence-corrected chi connectivity index (χ0v) is 13.2. The number of aliphatic imine (C=N–C) groups is 1. The fraction of sp³-hybridized carbons (Fsp3) is 0.588. The Morgan fingerprint density at radius 2 is 2.00 bits per heavy atom. The third-order valence-corrected chi connectivity index (χ3v) is 4.13. The number of nitrogens with one attached hydrogen (secondary N) is 2. The largest absolute Gasteiger partial charge is 0.356 e. The van der Waals surface area contributed by atoms with E-state index in [0.29, 0.717) is 5.92 Å². The molecule has 0 saturated heterocycles. The molecule has 0 heterocycles. The molecule has 1 aliphatic carbocycles. The first-order valence-corrected chi connectivity index (χ1v) is 7.77. The molecule has 1 saturated carbocycles. The molecule has 0 aliphatic heterocycles. The molecule has 21 heavy (non-hydrogen) atoms. The van der Waals surface area contributed by atoms with Gasteiger partial charge in [0.05, 0.1) is 0 Å². The smallest absolute Gasteiger partial charge is 0.191 e. The monoisotopic (exact) mass is 291 g/mol. The first-order valence-electron chi connectivity index (χ1n) is 7.77. The molecule has 0 amide bonds. The Labute approximate surface area is 127 Å². The van der Waals surface area contributed by atoms with Gasteiger partial charge in [-0.05, 0) is 36.8 Å². The van der Waals surface area contributed by atoms with Crippen molar-refractivity contribution < 1.29 is 4.39 Å². The maximum atomic E-state index is 13.9. The summed E-state index contributed by atoms with van der Waals surface area (Å²) in [5.74, 6) is 1.38. The Morgan fingerprint density at radius 3 is 2.57 bits per heavy atom. The Hall–Kier alpha value is -1.58. The van der Waals surface area contributed by atoms with Crippen molar-refractivity contribution in [3.63, 3.8) is 0 Å². The van der Waals surface area contributed by atoms with E-state index in [1.165, 1.54) is 0 Å². The highest BCUT2D eigenvalue weighted by Gasteiger charge is 2.45. The topological polar surface area (TPSA) is 36.4 Å². The summed E-state index contributed by atoms with van der Waals surface area (Å²) >= 11 is 0. The van der Waals surface area contributed by atoms with Gasteiger partial charge in [0.25, 0.3) is 0 Å². The number of benzene rings is 1. The molecule has 0 radical (unpaired) electrons. The lowest BCUT2D eigenvalue weighted by atomic mass is 9.95. The number of hydrogen-bond donors (Lipinski definition) is 2. The van der Waals surface area contributed by atoms with Crippen LogP contribution in [0, 0.1) is 11.7 Å². The van der Waals surface area contributed by atoms with Gasteiger partial charge in [0.2, 0.25) is 0 Å². The molecule has 2 rings (SSSR count). The minimum Gasteiger partial charge on any atom is -0.356 e. The van der Waals surface area contributed by atoms with Crippen LogP contribution in [0.4, 0.5) is 4.39 Å². The van der Waals surface area contributed by atoms with Gasteiger partial charge >= 0.3 is 0 Å².